The van der Waals surface area contributed by atoms with Gasteiger partial charge in [-0.15, -0.1) is 0 Å². The Morgan fingerprint density at radius 3 is 2.12 bits per heavy atom. The Hall–Kier alpha value is -1.02. The van der Waals surface area contributed by atoms with Crippen molar-refractivity contribution in [3.63, 3.8) is 0 Å². The lowest BCUT2D eigenvalue weighted by molar-refractivity contribution is 0.390. The number of nitrogens with zero attached hydrogens (tertiary/aromatic N) is 1. The first-order valence-corrected chi connectivity index (χ1v) is 6.34. The smallest absolute Gasteiger partial charge is 0.0340 e. The molecule has 0 saturated carbocycles. The van der Waals surface area contributed by atoms with Crippen molar-refractivity contribution in [1.29, 1.82) is 0 Å². The highest BCUT2D eigenvalue weighted by atomic mass is 15.0. The van der Waals surface area contributed by atoms with Crippen LogP contribution in [-0.2, 0) is 6.54 Å². The van der Waals surface area contributed by atoms with E-state index in [0.717, 1.165) is 13.1 Å². The Balaban J connectivity index is 2.40. The molecule has 0 aliphatic rings. The molecular formula is C15H26N2. The summed E-state index contributed by atoms with van der Waals surface area (Å²) in [4.78, 5) is 2.18. The van der Waals surface area contributed by atoms with E-state index in [9.17, 15) is 0 Å². The van der Waals surface area contributed by atoms with E-state index < -0.39 is 0 Å². The first-order valence-electron chi connectivity index (χ1n) is 6.34. The highest BCUT2D eigenvalue weighted by Crippen LogP contribution is 2.18. The molecule has 0 bridgehead atoms. The highest BCUT2D eigenvalue weighted by molar-refractivity contribution is 5.44. The zero-order valence-electron chi connectivity index (χ0n) is 11.9. The Kier molecular flexibility index (Phi) is 5.01. The first kappa shape index (κ1) is 14.0. The topological polar surface area (TPSA) is 15.3 Å². The van der Waals surface area contributed by atoms with Crippen molar-refractivity contribution in [2.45, 2.75) is 33.7 Å². The lowest BCUT2D eigenvalue weighted by Gasteiger charge is -2.18. The fourth-order valence-corrected chi connectivity index (χ4v) is 1.67. The van der Waals surface area contributed by atoms with Crippen molar-refractivity contribution in [1.82, 2.24) is 4.90 Å². The van der Waals surface area contributed by atoms with Crippen molar-refractivity contribution >= 4 is 5.69 Å². The third-order valence-corrected chi connectivity index (χ3v) is 2.66. The van der Waals surface area contributed by atoms with Crippen molar-refractivity contribution in [2.75, 3.05) is 26.0 Å². The van der Waals surface area contributed by atoms with E-state index in [1.54, 1.807) is 0 Å². The number of rotatable bonds is 5. The predicted octanol–water partition coefficient (Wildman–Crippen LogP) is 3.60. The maximum absolute atomic E-state index is 3.47. The van der Waals surface area contributed by atoms with Gasteiger partial charge in [-0.3, -0.25) is 0 Å². The molecule has 96 valence electrons. The molecule has 1 aromatic rings. The van der Waals surface area contributed by atoms with Crippen LogP contribution >= 0.6 is 0 Å². The van der Waals surface area contributed by atoms with Gasteiger partial charge in [-0.25, -0.2) is 0 Å². The van der Waals surface area contributed by atoms with Crippen LogP contribution in [0.2, 0.25) is 0 Å². The molecule has 0 aliphatic heterocycles. The van der Waals surface area contributed by atoms with E-state index >= 15 is 0 Å². The standard InChI is InChI=1S/C15H26N2/c1-15(2,3)10-11-16-14-8-6-13(7-9-14)12-17(4)5/h6-9,16H,10-12H2,1-5H3. The van der Waals surface area contributed by atoms with Gasteiger partial charge in [0.25, 0.3) is 0 Å². The van der Waals surface area contributed by atoms with Gasteiger partial charge >= 0.3 is 0 Å². The summed E-state index contributed by atoms with van der Waals surface area (Å²) in [7, 11) is 4.19. The van der Waals surface area contributed by atoms with Gasteiger partial charge < -0.3 is 10.2 Å². The summed E-state index contributed by atoms with van der Waals surface area (Å²) >= 11 is 0. The first-order chi connectivity index (χ1) is 7.87. The molecule has 0 spiro atoms. The second-order valence-electron chi connectivity index (χ2n) is 6.17. The van der Waals surface area contributed by atoms with Gasteiger partial charge in [-0.05, 0) is 43.6 Å². The van der Waals surface area contributed by atoms with Crippen molar-refractivity contribution in [2.24, 2.45) is 5.41 Å². The lowest BCUT2D eigenvalue weighted by Crippen LogP contribution is -2.13. The number of anilines is 1. The third kappa shape index (κ3) is 6.32. The predicted molar refractivity (Wildman–Crippen MR) is 76.4 cm³/mol. The van der Waals surface area contributed by atoms with E-state index in [-0.39, 0.29) is 0 Å². The minimum atomic E-state index is 0.401. The molecule has 0 amide bonds. The number of benzene rings is 1. The molecule has 17 heavy (non-hydrogen) atoms. The van der Waals surface area contributed by atoms with Crippen LogP contribution in [0, 0.1) is 5.41 Å². The second kappa shape index (κ2) is 6.06. The third-order valence-electron chi connectivity index (χ3n) is 2.66. The zero-order valence-corrected chi connectivity index (χ0v) is 11.9. The molecule has 1 rings (SSSR count). The molecule has 2 nitrogen and oxygen atoms in total. The fourth-order valence-electron chi connectivity index (χ4n) is 1.67. The number of hydrogen-bond donors (Lipinski definition) is 1. The molecule has 0 fully saturated rings. The lowest BCUT2D eigenvalue weighted by atomic mass is 9.92. The van der Waals surface area contributed by atoms with E-state index in [4.69, 9.17) is 0 Å². The summed E-state index contributed by atoms with van der Waals surface area (Å²) in [5.74, 6) is 0. The van der Waals surface area contributed by atoms with Gasteiger partial charge in [0.1, 0.15) is 0 Å². The normalized spacial score (nSPS) is 11.9. The minimum absolute atomic E-state index is 0.401. The molecule has 0 atom stereocenters. The fraction of sp³-hybridized carbons (Fsp3) is 0.600. The maximum atomic E-state index is 3.47. The highest BCUT2D eigenvalue weighted by Gasteiger charge is 2.08. The minimum Gasteiger partial charge on any atom is -0.385 e. The summed E-state index contributed by atoms with van der Waals surface area (Å²) in [6.07, 6.45) is 1.19. The maximum Gasteiger partial charge on any atom is 0.0340 e. The van der Waals surface area contributed by atoms with Crippen LogP contribution in [0.5, 0.6) is 0 Å². The number of nitrogens with one attached hydrogen (secondary N) is 1. The van der Waals surface area contributed by atoms with Crippen LogP contribution in [-0.4, -0.2) is 25.5 Å². The molecule has 0 heterocycles. The van der Waals surface area contributed by atoms with Crippen molar-refractivity contribution < 1.29 is 0 Å². The monoisotopic (exact) mass is 234 g/mol. The molecule has 0 aliphatic carbocycles. The molecule has 0 saturated heterocycles. The van der Waals surface area contributed by atoms with Gasteiger partial charge in [0.2, 0.25) is 0 Å². The van der Waals surface area contributed by atoms with Crippen LogP contribution in [0.25, 0.3) is 0 Å². The molecule has 0 radical (unpaired) electrons. The zero-order chi connectivity index (χ0) is 12.9. The molecule has 0 aromatic heterocycles. The molecular weight excluding hydrogens is 208 g/mol. The average Bonchev–Trinajstić information content (AvgIpc) is 2.18. The molecule has 1 aromatic carbocycles. The summed E-state index contributed by atoms with van der Waals surface area (Å²) in [5, 5.41) is 3.47. The van der Waals surface area contributed by atoms with Gasteiger partial charge in [0.05, 0.1) is 0 Å². The summed E-state index contributed by atoms with van der Waals surface area (Å²) in [6.45, 7) is 8.86. The van der Waals surface area contributed by atoms with Crippen LogP contribution in [0.3, 0.4) is 0 Å². The van der Waals surface area contributed by atoms with Gasteiger partial charge in [-0.1, -0.05) is 32.9 Å². The molecule has 0 unspecified atom stereocenters. The quantitative estimate of drug-likeness (QED) is 0.837. The average molecular weight is 234 g/mol. The van der Waals surface area contributed by atoms with E-state index in [1.807, 2.05) is 0 Å². The van der Waals surface area contributed by atoms with Crippen LogP contribution in [0.1, 0.15) is 32.8 Å². The Bertz CT molecular complexity index is 320. The molecule has 1 N–H and O–H groups in total. The van der Waals surface area contributed by atoms with Crippen LogP contribution in [0.4, 0.5) is 5.69 Å². The van der Waals surface area contributed by atoms with Gasteiger partial charge in [0.15, 0.2) is 0 Å². The second-order valence-corrected chi connectivity index (χ2v) is 6.17. The summed E-state index contributed by atoms with van der Waals surface area (Å²) in [5.41, 5.74) is 2.98. The summed E-state index contributed by atoms with van der Waals surface area (Å²) < 4.78 is 0. The van der Waals surface area contributed by atoms with Gasteiger partial charge in [-0.2, -0.15) is 0 Å². The Labute approximate surface area is 106 Å². The molecule has 2 heteroatoms. The van der Waals surface area contributed by atoms with Crippen molar-refractivity contribution in [3.05, 3.63) is 29.8 Å². The van der Waals surface area contributed by atoms with Crippen molar-refractivity contribution in [3.8, 4) is 0 Å². The van der Waals surface area contributed by atoms with E-state index in [1.165, 1.54) is 17.7 Å². The van der Waals surface area contributed by atoms with Gasteiger partial charge in [0, 0.05) is 18.8 Å². The van der Waals surface area contributed by atoms with E-state index in [2.05, 4.69) is 69.3 Å². The van der Waals surface area contributed by atoms with E-state index in [0.29, 0.717) is 5.41 Å². The van der Waals surface area contributed by atoms with Crippen LogP contribution < -0.4 is 5.32 Å². The SMILES string of the molecule is CN(C)Cc1ccc(NCCC(C)(C)C)cc1. The summed E-state index contributed by atoms with van der Waals surface area (Å²) in [6, 6.07) is 8.72. The van der Waals surface area contributed by atoms with Crippen LogP contribution in [0.15, 0.2) is 24.3 Å². The Morgan fingerprint density at radius 1 is 1.06 bits per heavy atom. The Morgan fingerprint density at radius 2 is 1.65 bits per heavy atom. The number of hydrogen-bond acceptors (Lipinski definition) is 2. The largest absolute Gasteiger partial charge is 0.385 e.